The molecule has 20 heavy (non-hydrogen) atoms. The van der Waals surface area contributed by atoms with Crippen LogP contribution in [0, 0.1) is 13.8 Å². The third-order valence-corrected chi connectivity index (χ3v) is 3.55. The van der Waals surface area contributed by atoms with Crippen LogP contribution in [-0.2, 0) is 17.4 Å². The smallest absolute Gasteiger partial charge is 0.445 e. The Balaban J connectivity index is 2.44. The molecule has 0 unspecified atom stereocenters. The molecule has 0 fully saturated rings. The maximum Gasteiger partial charge on any atom is 0.445 e. The Morgan fingerprint density at radius 2 is 2.00 bits per heavy atom. The minimum Gasteiger partial charge on any atom is -0.481 e. The molecule has 0 aliphatic rings. The van der Waals surface area contributed by atoms with Gasteiger partial charge in [-0.1, -0.05) is 11.3 Å². The highest BCUT2D eigenvalue weighted by molar-refractivity contribution is 7.13. The molecule has 2 aromatic rings. The lowest BCUT2D eigenvalue weighted by Gasteiger charge is -2.00. The van der Waals surface area contributed by atoms with Crippen LogP contribution in [0.25, 0.3) is 5.13 Å². The summed E-state index contributed by atoms with van der Waals surface area (Å²) in [6.45, 7) is 3.17. The Labute approximate surface area is 114 Å². The van der Waals surface area contributed by atoms with Gasteiger partial charge in [0.2, 0.25) is 10.1 Å². The van der Waals surface area contributed by atoms with Crippen molar-refractivity contribution in [3.8, 4) is 5.13 Å². The van der Waals surface area contributed by atoms with E-state index in [1.165, 1.54) is 4.68 Å². The van der Waals surface area contributed by atoms with E-state index in [9.17, 15) is 18.0 Å². The molecule has 1 N–H and O–H groups in total. The van der Waals surface area contributed by atoms with Crippen LogP contribution in [0.5, 0.6) is 0 Å². The van der Waals surface area contributed by atoms with Crippen molar-refractivity contribution in [1.29, 1.82) is 0 Å². The van der Waals surface area contributed by atoms with E-state index in [1.54, 1.807) is 13.8 Å². The number of carboxylic acids is 1. The molecule has 0 spiro atoms. The Bertz CT molecular complexity index is 662. The van der Waals surface area contributed by atoms with Gasteiger partial charge in [0, 0.05) is 11.3 Å². The third-order valence-electron chi connectivity index (χ3n) is 2.61. The molecule has 0 radical (unpaired) electrons. The van der Waals surface area contributed by atoms with E-state index in [1.807, 2.05) is 0 Å². The number of aromatic nitrogens is 4. The SMILES string of the molecule is Cc1nn(-c2nnc(C(F)(F)F)s2)c(C)c1CC(=O)O. The second-order valence-electron chi connectivity index (χ2n) is 4.02. The number of hydrogen-bond acceptors (Lipinski definition) is 5. The highest BCUT2D eigenvalue weighted by atomic mass is 32.1. The van der Waals surface area contributed by atoms with Crippen molar-refractivity contribution < 1.29 is 23.1 Å². The molecule has 0 aromatic carbocycles. The number of nitrogens with zero attached hydrogens (tertiary/aromatic N) is 4. The van der Waals surface area contributed by atoms with Crippen molar-refractivity contribution in [2.45, 2.75) is 26.4 Å². The largest absolute Gasteiger partial charge is 0.481 e. The van der Waals surface area contributed by atoms with Gasteiger partial charge in [0.1, 0.15) is 0 Å². The van der Waals surface area contributed by atoms with E-state index in [4.69, 9.17) is 5.11 Å². The number of rotatable bonds is 3. The Morgan fingerprint density at radius 1 is 1.35 bits per heavy atom. The van der Waals surface area contributed by atoms with E-state index in [-0.39, 0.29) is 11.6 Å². The maximum absolute atomic E-state index is 12.5. The average Bonchev–Trinajstić information content (AvgIpc) is 2.88. The fourth-order valence-corrected chi connectivity index (χ4v) is 2.40. The lowest BCUT2D eigenvalue weighted by atomic mass is 10.1. The normalized spacial score (nSPS) is 11.8. The summed E-state index contributed by atoms with van der Waals surface area (Å²) in [5, 5.41) is 18.2. The van der Waals surface area contributed by atoms with Crippen LogP contribution in [0.4, 0.5) is 13.2 Å². The topological polar surface area (TPSA) is 80.9 Å². The van der Waals surface area contributed by atoms with Gasteiger partial charge in [-0.15, -0.1) is 10.2 Å². The number of carbonyl (C=O) groups is 1. The summed E-state index contributed by atoms with van der Waals surface area (Å²) in [6.07, 6.45) is -4.81. The first kappa shape index (κ1) is 14.4. The molecule has 0 aliphatic carbocycles. The molecule has 6 nitrogen and oxygen atoms in total. The van der Waals surface area contributed by atoms with Gasteiger partial charge < -0.3 is 5.11 Å². The monoisotopic (exact) mass is 306 g/mol. The van der Waals surface area contributed by atoms with E-state index in [2.05, 4.69) is 15.3 Å². The molecule has 10 heteroatoms. The van der Waals surface area contributed by atoms with E-state index >= 15 is 0 Å². The molecular weight excluding hydrogens is 297 g/mol. The van der Waals surface area contributed by atoms with Gasteiger partial charge in [0.15, 0.2) is 0 Å². The summed E-state index contributed by atoms with van der Waals surface area (Å²) in [7, 11) is 0. The number of alkyl halides is 3. The summed E-state index contributed by atoms with van der Waals surface area (Å²) >= 11 is 0.354. The molecule has 0 saturated carbocycles. The number of aliphatic carboxylic acids is 1. The predicted molar refractivity (Wildman–Crippen MR) is 62.8 cm³/mol. The Morgan fingerprint density at radius 3 is 2.50 bits per heavy atom. The van der Waals surface area contributed by atoms with Gasteiger partial charge in [0.25, 0.3) is 0 Å². The number of aryl methyl sites for hydroxylation is 1. The minimum atomic E-state index is -4.56. The average molecular weight is 306 g/mol. The first-order valence-corrected chi connectivity index (χ1v) is 6.19. The van der Waals surface area contributed by atoms with Crippen molar-refractivity contribution in [2.24, 2.45) is 0 Å². The first-order valence-electron chi connectivity index (χ1n) is 5.38. The van der Waals surface area contributed by atoms with Gasteiger partial charge in [0.05, 0.1) is 12.1 Å². The molecule has 0 amide bonds. The second-order valence-corrected chi connectivity index (χ2v) is 4.98. The number of hydrogen-bond donors (Lipinski definition) is 1. The van der Waals surface area contributed by atoms with Crippen LogP contribution in [0.3, 0.4) is 0 Å². The van der Waals surface area contributed by atoms with Crippen LogP contribution in [0.2, 0.25) is 0 Å². The summed E-state index contributed by atoms with van der Waals surface area (Å²) in [6, 6.07) is 0. The van der Waals surface area contributed by atoms with Crippen LogP contribution in [-0.4, -0.2) is 31.1 Å². The third kappa shape index (κ3) is 2.64. The van der Waals surface area contributed by atoms with Crippen molar-refractivity contribution in [1.82, 2.24) is 20.0 Å². The molecule has 0 atom stereocenters. The summed E-state index contributed by atoms with van der Waals surface area (Å²) in [5.74, 6) is -1.04. The minimum absolute atomic E-state index is 0.0467. The zero-order chi connectivity index (χ0) is 15.1. The van der Waals surface area contributed by atoms with E-state index < -0.39 is 17.2 Å². The quantitative estimate of drug-likeness (QED) is 0.938. The van der Waals surface area contributed by atoms with Gasteiger partial charge >= 0.3 is 12.1 Å². The highest BCUT2D eigenvalue weighted by Crippen LogP contribution is 2.33. The van der Waals surface area contributed by atoms with Gasteiger partial charge in [-0.3, -0.25) is 4.79 Å². The molecule has 108 valence electrons. The van der Waals surface area contributed by atoms with Crippen LogP contribution in [0.15, 0.2) is 0 Å². The zero-order valence-electron chi connectivity index (χ0n) is 10.4. The summed E-state index contributed by atoms with van der Waals surface area (Å²) < 4.78 is 38.6. The van der Waals surface area contributed by atoms with Crippen LogP contribution >= 0.6 is 11.3 Å². The Hall–Kier alpha value is -1.97. The summed E-state index contributed by atoms with van der Waals surface area (Å²) in [4.78, 5) is 10.7. The van der Waals surface area contributed by atoms with Gasteiger partial charge in [-0.05, 0) is 13.8 Å². The molecule has 0 bridgehead atoms. The molecule has 2 aromatic heterocycles. The zero-order valence-corrected chi connectivity index (χ0v) is 11.2. The predicted octanol–water partition coefficient (Wildman–Crippen LogP) is 1.99. The van der Waals surface area contributed by atoms with Crippen molar-refractivity contribution in [3.63, 3.8) is 0 Å². The molecular formula is C10H9F3N4O2S. The summed E-state index contributed by atoms with van der Waals surface area (Å²) in [5.41, 5.74) is 1.34. The van der Waals surface area contributed by atoms with Crippen molar-refractivity contribution in [3.05, 3.63) is 22.0 Å². The fourth-order valence-electron chi connectivity index (χ4n) is 1.68. The second kappa shape index (κ2) is 4.85. The number of halogens is 3. The van der Waals surface area contributed by atoms with Gasteiger partial charge in [-0.2, -0.15) is 18.3 Å². The van der Waals surface area contributed by atoms with Gasteiger partial charge in [-0.25, -0.2) is 4.68 Å². The molecule has 0 aliphatic heterocycles. The molecule has 2 rings (SSSR count). The van der Waals surface area contributed by atoms with E-state index in [0.717, 1.165) is 0 Å². The molecule has 0 saturated heterocycles. The fraction of sp³-hybridized carbons (Fsp3) is 0.400. The Kier molecular flexibility index (Phi) is 3.50. The first-order chi connectivity index (χ1) is 9.20. The standard InChI is InChI=1S/C10H9F3N4O2S/c1-4-6(3-7(18)19)5(2)17(16-4)9-15-14-8(20-9)10(11,12)13/h3H2,1-2H3,(H,18,19). The number of carboxylic acid groups (broad SMARTS) is 1. The maximum atomic E-state index is 12.5. The lowest BCUT2D eigenvalue weighted by Crippen LogP contribution is -2.03. The van der Waals surface area contributed by atoms with Crippen molar-refractivity contribution in [2.75, 3.05) is 0 Å². The van der Waals surface area contributed by atoms with E-state index in [0.29, 0.717) is 28.3 Å². The lowest BCUT2D eigenvalue weighted by molar-refractivity contribution is -0.138. The van der Waals surface area contributed by atoms with Crippen molar-refractivity contribution >= 4 is 17.3 Å². The van der Waals surface area contributed by atoms with Crippen LogP contribution in [0.1, 0.15) is 22.0 Å². The van der Waals surface area contributed by atoms with Crippen LogP contribution < -0.4 is 0 Å². The highest BCUT2D eigenvalue weighted by Gasteiger charge is 2.36. The molecule has 2 heterocycles.